The largest absolute Gasteiger partial charge is 0.372 e. The van der Waals surface area contributed by atoms with Crippen molar-refractivity contribution in [1.29, 1.82) is 0 Å². The van der Waals surface area contributed by atoms with E-state index in [2.05, 4.69) is 30.7 Å². The molecule has 10 nitrogen and oxygen atoms in total. The molecule has 0 bridgehead atoms. The number of anilines is 2. The predicted molar refractivity (Wildman–Crippen MR) is 106 cm³/mol. The zero-order valence-corrected chi connectivity index (χ0v) is 16.1. The Kier molecular flexibility index (Phi) is 5.09. The van der Waals surface area contributed by atoms with E-state index in [9.17, 15) is 9.59 Å². The highest BCUT2D eigenvalue weighted by atomic mass is 16.5. The number of carbonyl (C=O) groups excluding carboxylic acids is 1. The third-order valence-corrected chi connectivity index (χ3v) is 4.60. The number of aromatic nitrogens is 5. The zero-order chi connectivity index (χ0) is 20.4. The number of benzene rings is 1. The molecule has 0 spiro atoms. The molecular weight excluding hydrogens is 374 g/mol. The third kappa shape index (κ3) is 4.16. The molecule has 1 aromatic carbocycles. The van der Waals surface area contributed by atoms with Gasteiger partial charge in [-0.05, 0) is 60.7 Å². The van der Waals surface area contributed by atoms with Crippen LogP contribution in [0, 0.1) is 0 Å². The monoisotopic (exact) mass is 395 g/mol. The lowest BCUT2D eigenvalue weighted by atomic mass is 10.2. The summed E-state index contributed by atoms with van der Waals surface area (Å²) in [5.41, 5.74) is 1.95. The van der Waals surface area contributed by atoms with Crippen LogP contribution in [0.1, 0.15) is 24.3 Å². The highest BCUT2D eigenvalue weighted by molar-refractivity contribution is 6.03. The van der Waals surface area contributed by atoms with Crippen molar-refractivity contribution in [2.45, 2.75) is 26.1 Å². The van der Waals surface area contributed by atoms with Crippen LogP contribution in [0.15, 0.2) is 47.4 Å². The maximum atomic E-state index is 12.6. The second-order valence-electron chi connectivity index (χ2n) is 6.98. The maximum Gasteiger partial charge on any atom is 0.365 e. The summed E-state index contributed by atoms with van der Waals surface area (Å²) in [6.07, 6.45) is 1.88. The van der Waals surface area contributed by atoms with E-state index in [0.29, 0.717) is 17.1 Å². The molecule has 10 heteroatoms. The lowest BCUT2D eigenvalue weighted by Crippen LogP contribution is -2.45. The van der Waals surface area contributed by atoms with Gasteiger partial charge in [0.25, 0.3) is 5.91 Å². The number of amides is 1. The van der Waals surface area contributed by atoms with Crippen LogP contribution < -0.4 is 15.9 Å². The van der Waals surface area contributed by atoms with Crippen molar-refractivity contribution >= 4 is 17.3 Å². The Labute approximate surface area is 166 Å². The van der Waals surface area contributed by atoms with Gasteiger partial charge < -0.3 is 15.0 Å². The Morgan fingerprint density at radius 2 is 1.86 bits per heavy atom. The summed E-state index contributed by atoms with van der Waals surface area (Å²) in [5, 5.41) is 12.2. The fourth-order valence-corrected chi connectivity index (χ4v) is 3.38. The van der Waals surface area contributed by atoms with Crippen LogP contribution in [-0.2, 0) is 4.74 Å². The van der Waals surface area contributed by atoms with E-state index in [1.54, 1.807) is 36.5 Å². The first-order valence-corrected chi connectivity index (χ1v) is 9.28. The van der Waals surface area contributed by atoms with Crippen molar-refractivity contribution in [2.24, 2.45) is 0 Å². The SMILES string of the molecule is CC1CN(c2ccnc(C(=O)Nc3ccc(-n4nn[nH]c4=O)cc3)c2)CC(C)O1. The summed E-state index contributed by atoms with van der Waals surface area (Å²) in [6.45, 7) is 5.60. The van der Waals surface area contributed by atoms with Crippen LogP contribution in [0.25, 0.3) is 5.69 Å². The van der Waals surface area contributed by atoms with E-state index in [-0.39, 0.29) is 18.1 Å². The average Bonchev–Trinajstić information content (AvgIpc) is 3.14. The number of H-pyrrole nitrogens is 1. The van der Waals surface area contributed by atoms with Crippen LogP contribution in [0.2, 0.25) is 0 Å². The normalized spacial score (nSPS) is 19.2. The molecule has 0 radical (unpaired) electrons. The van der Waals surface area contributed by atoms with E-state index < -0.39 is 5.69 Å². The second kappa shape index (κ2) is 7.84. The average molecular weight is 395 g/mol. The van der Waals surface area contributed by atoms with Gasteiger partial charge in [0.1, 0.15) is 5.69 Å². The minimum Gasteiger partial charge on any atom is -0.372 e. The molecule has 0 saturated carbocycles. The molecule has 1 amide bonds. The molecule has 1 aliphatic heterocycles. The number of carbonyl (C=O) groups is 1. The minimum atomic E-state index is -0.436. The molecule has 3 heterocycles. The number of hydrogen-bond acceptors (Lipinski definition) is 7. The molecule has 3 aromatic rings. The van der Waals surface area contributed by atoms with Gasteiger partial charge in [-0.25, -0.2) is 9.89 Å². The van der Waals surface area contributed by atoms with Crippen molar-refractivity contribution in [3.63, 3.8) is 0 Å². The standard InChI is InChI=1S/C19H21N7O3/c1-12-10-25(11-13(2)29-12)16-7-8-20-17(9-16)18(27)21-14-3-5-15(6-4-14)26-19(28)22-23-24-26/h3-9,12-13H,10-11H2,1-2H3,(H,21,27)(H,22,24,28). The van der Waals surface area contributed by atoms with E-state index >= 15 is 0 Å². The van der Waals surface area contributed by atoms with Gasteiger partial charge in [-0.1, -0.05) is 0 Å². The van der Waals surface area contributed by atoms with Crippen LogP contribution in [0.5, 0.6) is 0 Å². The summed E-state index contributed by atoms with van der Waals surface area (Å²) < 4.78 is 6.90. The van der Waals surface area contributed by atoms with Gasteiger partial charge in [0.2, 0.25) is 0 Å². The topological polar surface area (TPSA) is 118 Å². The van der Waals surface area contributed by atoms with Crippen LogP contribution in [0.3, 0.4) is 0 Å². The molecular formula is C19H21N7O3. The number of pyridine rings is 1. The molecule has 1 aliphatic rings. The molecule has 4 rings (SSSR count). The first kappa shape index (κ1) is 18.8. The van der Waals surface area contributed by atoms with E-state index in [1.807, 2.05) is 19.9 Å². The second-order valence-corrected chi connectivity index (χ2v) is 6.98. The van der Waals surface area contributed by atoms with Crippen LogP contribution >= 0.6 is 0 Å². The number of ether oxygens (including phenoxy) is 1. The molecule has 1 fully saturated rings. The van der Waals surface area contributed by atoms with Crippen molar-refractivity contribution < 1.29 is 9.53 Å². The van der Waals surface area contributed by atoms with Gasteiger partial charge in [-0.2, -0.15) is 4.68 Å². The summed E-state index contributed by atoms with van der Waals surface area (Å²) in [4.78, 5) is 30.6. The smallest absolute Gasteiger partial charge is 0.365 e. The predicted octanol–water partition coefficient (Wildman–Crippen LogP) is 1.22. The number of morpholine rings is 1. The molecule has 29 heavy (non-hydrogen) atoms. The summed E-state index contributed by atoms with van der Waals surface area (Å²) in [7, 11) is 0. The van der Waals surface area contributed by atoms with Crippen LogP contribution in [0.4, 0.5) is 11.4 Å². The Hall–Kier alpha value is -3.53. The molecule has 2 atom stereocenters. The van der Waals surface area contributed by atoms with E-state index in [1.165, 1.54) is 0 Å². The lowest BCUT2D eigenvalue weighted by Gasteiger charge is -2.36. The fraction of sp³-hybridized carbons (Fsp3) is 0.316. The van der Waals surface area contributed by atoms with Gasteiger partial charge in [0.05, 0.1) is 17.9 Å². The quantitative estimate of drug-likeness (QED) is 0.682. The summed E-state index contributed by atoms with van der Waals surface area (Å²) in [6, 6.07) is 10.4. The summed E-state index contributed by atoms with van der Waals surface area (Å²) >= 11 is 0. The number of hydrogen-bond donors (Lipinski definition) is 2. The van der Waals surface area contributed by atoms with Crippen LogP contribution in [-0.4, -0.2) is 56.4 Å². The first-order chi connectivity index (χ1) is 14.0. The van der Waals surface area contributed by atoms with Gasteiger partial charge in [0, 0.05) is 30.7 Å². The maximum absolute atomic E-state index is 12.6. The Morgan fingerprint density at radius 3 is 2.52 bits per heavy atom. The number of aromatic amines is 1. The van der Waals surface area contributed by atoms with Gasteiger partial charge in [-0.3, -0.25) is 9.78 Å². The number of nitrogens with zero attached hydrogens (tertiary/aromatic N) is 5. The fourth-order valence-electron chi connectivity index (χ4n) is 3.38. The molecule has 0 aliphatic carbocycles. The summed E-state index contributed by atoms with van der Waals surface area (Å²) in [5.74, 6) is -0.312. The number of tetrazole rings is 1. The number of nitrogens with one attached hydrogen (secondary N) is 2. The van der Waals surface area contributed by atoms with Gasteiger partial charge in [0.15, 0.2) is 0 Å². The minimum absolute atomic E-state index is 0.125. The van der Waals surface area contributed by atoms with E-state index in [4.69, 9.17) is 4.74 Å². The van der Waals surface area contributed by atoms with Gasteiger partial charge >= 0.3 is 5.69 Å². The lowest BCUT2D eigenvalue weighted by molar-refractivity contribution is -0.00522. The Morgan fingerprint density at radius 1 is 1.14 bits per heavy atom. The van der Waals surface area contributed by atoms with Crippen molar-refractivity contribution in [3.05, 3.63) is 58.8 Å². The van der Waals surface area contributed by atoms with Crippen molar-refractivity contribution in [2.75, 3.05) is 23.3 Å². The van der Waals surface area contributed by atoms with Crippen molar-refractivity contribution in [3.8, 4) is 5.69 Å². The third-order valence-electron chi connectivity index (χ3n) is 4.60. The Balaban J connectivity index is 1.47. The first-order valence-electron chi connectivity index (χ1n) is 9.28. The molecule has 1 saturated heterocycles. The highest BCUT2D eigenvalue weighted by Crippen LogP contribution is 2.21. The number of rotatable bonds is 4. The highest BCUT2D eigenvalue weighted by Gasteiger charge is 2.23. The molecule has 2 unspecified atom stereocenters. The molecule has 2 aromatic heterocycles. The van der Waals surface area contributed by atoms with E-state index in [0.717, 1.165) is 23.5 Å². The van der Waals surface area contributed by atoms with Crippen molar-refractivity contribution in [1.82, 2.24) is 25.2 Å². The zero-order valence-electron chi connectivity index (χ0n) is 16.1. The molecule has 150 valence electrons. The Bertz CT molecular complexity index is 1050. The molecule has 2 N–H and O–H groups in total. The van der Waals surface area contributed by atoms with Gasteiger partial charge in [-0.15, -0.1) is 0 Å².